The Balaban J connectivity index is 1.89. The van der Waals surface area contributed by atoms with E-state index in [9.17, 15) is 4.79 Å². The summed E-state index contributed by atoms with van der Waals surface area (Å²) in [6.07, 6.45) is 1.88. The summed E-state index contributed by atoms with van der Waals surface area (Å²) >= 11 is 0. The van der Waals surface area contributed by atoms with E-state index in [2.05, 4.69) is 101 Å². The minimum atomic E-state index is -2.63. The van der Waals surface area contributed by atoms with Crippen LogP contribution < -0.4 is 10.4 Å². The van der Waals surface area contributed by atoms with E-state index in [-0.39, 0.29) is 35.6 Å². The van der Waals surface area contributed by atoms with Gasteiger partial charge < -0.3 is 18.6 Å². The van der Waals surface area contributed by atoms with E-state index >= 15 is 0 Å². The van der Waals surface area contributed by atoms with Gasteiger partial charge >= 0.3 is 5.97 Å². The Bertz CT molecular complexity index is 1000. The van der Waals surface area contributed by atoms with Crippen molar-refractivity contribution in [2.24, 2.45) is 5.92 Å². The smallest absolute Gasteiger partial charge is 0.308 e. The van der Waals surface area contributed by atoms with Crippen molar-refractivity contribution in [2.45, 2.75) is 84.8 Å². The van der Waals surface area contributed by atoms with Crippen LogP contribution in [0.2, 0.25) is 5.04 Å². The maximum atomic E-state index is 12.2. The molecule has 0 amide bonds. The Morgan fingerprint density at radius 2 is 1.54 bits per heavy atom. The highest BCUT2D eigenvalue weighted by Gasteiger charge is 2.50. The molecule has 0 unspecified atom stereocenters. The first-order valence-electron chi connectivity index (χ1n) is 13.3. The summed E-state index contributed by atoms with van der Waals surface area (Å²) in [6.45, 7) is 17.4. The van der Waals surface area contributed by atoms with Crippen molar-refractivity contribution in [2.75, 3.05) is 13.2 Å². The standard InChI is InChI=1S/C31H44O5Si/c1-9-33-28(32)22-27-24(3)29(36-31(7,8)35-27)23(2)20-21-34-37(30(4,5)6,25-16-12-10-13-17-25)26-18-14-11-15-19-26/h10-20,24,27,29H,9,21-22H2,1-8H3/b23-20-/t24-,27-,29-/m0/s1. The molecule has 1 saturated heterocycles. The minimum Gasteiger partial charge on any atom is -0.466 e. The van der Waals surface area contributed by atoms with Gasteiger partial charge in [-0.2, -0.15) is 0 Å². The molecule has 202 valence electrons. The fraction of sp³-hybridized carbons (Fsp3) is 0.516. The zero-order chi connectivity index (χ0) is 27.3. The molecule has 0 aromatic heterocycles. The lowest BCUT2D eigenvalue weighted by Crippen LogP contribution is -2.66. The molecule has 0 N–H and O–H groups in total. The van der Waals surface area contributed by atoms with Crippen LogP contribution in [-0.4, -0.2) is 45.5 Å². The predicted molar refractivity (Wildman–Crippen MR) is 152 cm³/mol. The van der Waals surface area contributed by atoms with E-state index in [0.717, 1.165) is 5.57 Å². The van der Waals surface area contributed by atoms with Crippen LogP contribution in [0.3, 0.4) is 0 Å². The number of carbonyl (C=O) groups excluding carboxylic acids is 1. The van der Waals surface area contributed by atoms with Gasteiger partial charge in [-0.05, 0) is 48.7 Å². The molecule has 0 aliphatic carbocycles. The maximum Gasteiger partial charge on any atom is 0.308 e. The Kier molecular flexibility index (Phi) is 9.56. The van der Waals surface area contributed by atoms with Crippen LogP contribution >= 0.6 is 0 Å². The third-order valence-corrected chi connectivity index (χ3v) is 12.2. The second-order valence-electron chi connectivity index (χ2n) is 11.4. The number of hydrogen-bond acceptors (Lipinski definition) is 5. The highest BCUT2D eigenvalue weighted by molar-refractivity contribution is 6.99. The zero-order valence-corrected chi connectivity index (χ0v) is 24.7. The Hall–Kier alpha value is -2.25. The lowest BCUT2D eigenvalue weighted by atomic mass is 9.89. The van der Waals surface area contributed by atoms with E-state index in [1.807, 2.05) is 20.8 Å². The van der Waals surface area contributed by atoms with Gasteiger partial charge in [0.05, 0.1) is 31.8 Å². The molecule has 0 spiro atoms. The molecule has 1 fully saturated rings. The van der Waals surface area contributed by atoms with E-state index in [1.54, 1.807) is 0 Å². The largest absolute Gasteiger partial charge is 0.466 e. The maximum absolute atomic E-state index is 12.2. The van der Waals surface area contributed by atoms with Crippen molar-refractivity contribution >= 4 is 24.7 Å². The predicted octanol–water partition coefficient (Wildman–Crippen LogP) is 5.62. The molecule has 1 aliphatic rings. The van der Waals surface area contributed by atoms with Crippen LogP contribution in [0.25, 0.3) is 0 Å². The molecule has 2 aromatic carbocycles. The van der Waals surface area contributed by atoms with Crippen LogP contribution in [0.1, 0.15) is 61.8 Å². The van der Waals surface area contributed by atoms with Crippen LogP contribution in [-0.2, 0) is 23.4 Å². The summed E-state index contributed by atoms with van der Waals surface area (Å²) in [4.78, 5) is 12.2. The molecule has 1 heterocycles. The molecule has 0 bridgehead atoms. The highest BCUT2D eigenvalue weighted by atomic mass is 28.4. The van der Waals surface area contributed by atoms with Crippen molar-refractivity contribution in [3.63, 3.8) is 0 Å². The van der Waals surface area contributed by atoms with Crippen LogP contribution in [0, 0.1) is 5.92 Å². The van der Waals surface area contributed by atoms with Crippen molar-refractivity contribution in [1.29, 1.82) is 0 Å². The number of hydrogen-bond donors (Lipinski definition) is 0. The zero-order valence-electron chi connectivity index (χ0n) is 23.7. The SMILES string of the molecule is CCOC(=O)C[C@@H]1OC(C)(C)O[C@@H](/C(C)=C\CO[Si](c2ccccc2)(c2ccccc2)C(C)(C)C)[C@H]1C. The monoisotopic (exact) mass is 524 g/mol. The quantitative estimate of drug-likeness (QED) is 0.242. The van der Waals surface area contributed by atoms with E-state index in [1.165, 1.54) is 10.4 Å². The Labute approximate surface area is 224 Å². The second-order valence-corrected chi connectivity index (χ2v) is 15.7. The van der Waals surface area contributed by atoms with E-state index in [0.29, 0.717) is 13.2 Å². The summed E-state index contributed by atoms with van der Waals surface area (Å²) in [5.74, 6) is -1.06. The normalized spacial score (nSPS) is 22.5. The van der Waals surface area contributed by atoms with Crippen molar-refractivity contribution < 1.29 is 23.4 Å². The summed E-state index contributed by atoms with van der Waals surface area (Å²) in [5, 5.41) is 2.42. The first kappa shape index (κ1) is 29.3. The molecule has 0 radical (unpaired) electrons. The van der Waals surface area contributed by atoms with Gasteiger partial charge in [-0.15, -0.1) is 0 Å². The van der Waals surface area contributed by atoms with Gasteiger partial charge in [0.15, 0.2) is 5.79 Å². The number of rotatable bonds is 9. The molecule has 3 rings (SSSR count). The average Bonchev–Trinajstić information content (AvgIpc) is 2.84. The first-order chi connectivity index (χ1) is 17.4. The molecule has 2 aromatic rings. The molecule has 0 saturated carbocycles. The summed E-state index contributed by atoms with van der Waals surface area (Å²) in [7, 11) is -2.63. The van der Waals surface area contributed by atoms with Gasteiger partial charge in [0.1, 0.15) is 0 Å². The van der Waals surface area contributed by atoms with Gasteiger partial charge in [0, 0.05) is 5.92 Å². The van der Waals surface area contributed by atoms with Gasteiger partial charge in [-0.3, -0.25) is 4.79 Å². The molecule has 37 heavy (non-hydrogen) atoms. The van der Waals surface area contributed by atoms with Gasteiger partial charge in [-0.25, -0.2) is 0 Å². The van der Waals surface area contributed by atoms with Crippen LogP contribution in [0.4, 0.5) is 0 Å². The number of ether oxygens (including phenoxy) is 3. The third-order valence-electron chi connectivity index (χ3n) is 7.15. The molecule has 1 aliphatic heterocycles. The van der Waals surface area contributed by atoms with Gasteiger partial charge in [0.2, 0.25) is 0 Å². The van der Waals surface area contributed by atoms with Crippen LogP contribution in [0.5, 0.6) is 0 Å². The molecule has 3 atom stereocenters. The first-order valence-corrected chi connectivity index (χ1v) is 15.2. The Morgan fingerprint density at radius 1 is 1.00 bits per heavy atom. The number of benzene rings is 2. The summed E-state index contributed by atoms with van der Waals surface area (Å²) < 4.78 is 24.7. The lowest BCUT2D eigenvalue weighted by Gasteiger charge is -2.45. The molecule has 5 nitrogen and oxygen atoms in total. The van der Waals surface area contributed by atoms with Crippen LogP contribution in [0.15, 0.2) is 72.3 Å². The minimum absolute atomic E-state index is 0.0125. The van der Waals surface area contributed by atoms with E-state index in [4.69, 9.17) is 18.6 Å². The van der Waals surface area contributed by atoms with Crippen molar-refractivity contribution in [1.82, 2.24) is 0 Å². The average molecular weight is 525 g/mol. The van der Waals surface area contributed by atoms with Crippen molar-refractivity contribution in [3.8, 4) is 0 Å². The fourth-order valence-electron chi connectivity index (χ4n) is 5.40. The summed E-state index contributed by atoms with van der Waals surface area (Å²) in [6, 6.07) is 21.3. The van der Waals surface area contributed by atoms with E-state index < -0.39 is 14.1 Å². The lowest BCUT2D eigenvalue weighted by molar-refractivity contribution is -0.311. The number of carbonyl (C=O) groups is 1. The molecular formula is C31H44O5Si. The topological polar surface area (TPSA) is 54.0 Å². The number of esters is 1. The molecule has 6 heteroatoms. The van der Waals surface area contributed by atoms with Crippen molar-refractivity contribution in [3.05, 3.63) is 72.3 Å². The second kappa shape index (κ2) is 12.1. The molecular weight excluding hydrogens is 480 g/mol. The highest BCUT2D eigenvalue weighted by Crippen LogP contribution is 2.38. The van der Waals surface area contributed by atoms with Gasteiger partial charge in [0.25, 0.3) is 8.32 Å². The fourth-order valence-corrected chi connectivity index (χ4v) is 9.89. The Morgan fingerprint density at radius 3 is 2.03 bits per heavy atom. The van der Waals surface area contributed by atoms with Gasteiger partial charge in [-0.1, -0.05) is 94.4 Å². The third kappa shape index (κ3) is 6.80. The summed E-state index contributed by atoms with van der Waals surface area (Å²) in [5.41, 5.74) is 1.08.